The van der Waals surface area contributed by atoms with Gasteiger partial charge in [-0.05, 0) is 57.2 Å². The number of nitrogens with two attached hydrogens (primary N) is 1. The zero-order chi connectivity index (χ0) is 25.7. The smallest absolute Gasteiger partial charge is 0.319 e. The molecule has 2 amide bonds. The summed E-state index contributed by atoms with van der Waals surface area (Å²) in [4.78, 5) is 23.1. The maximum Gasteiger partial charge on any atom is 0.319 e. The molecule has 11 heteroatoms. The van der Waals surface area contributed by atoms with Gasteiger partial charge in [0.05, 0.1) is 23.5 Å². The Hall–Kier alpha value is -3.50. The summed E-state index contributed by atoms with van der Waals surface area (Å²) >= 11 is 5.86. The van der Waals surface area contributed by atoms with Crippen LogP contribution in [0.1, 0.15) is 18.4 Å². The predicted molar refractivity (Wildman–Crippen MR) is 135 cm³/mol. The summed E-state index contributed by atoms with van der Waals surface area (Å²) in [7, 11) is 2.07. The average Bonchev–Trinajstić information content (AvgIpc) is 2.86. The molecule has 1 aromatic heterocycles. The van der Waals surface area contributed by atoms with Crippen LogP contribution in [0.25, 0.3) is 11.3 Å². The van der Waals surface area contributed by atoms with Crippen molar-refractivity contribution in [1.82, 2.24) is 20.2 Å². The van der Waals surface area contributed by atoms with Gasteiger partial charge in [0.25, 0.3) is 5.88 Å². The summed E-state index contributed by atoms with van der Waals surface area (Å²) in [5, 5.41) is 5.57. The number of piperidine rings is 1. The second-order valence-electron chi connectivity index (χ2n) is 8.62. The lowest BCUT2D eigenvalue weighted by atomic mass is 10.1. The van der Waals surface area contributed by atoms with Crippen molar-refractivity contribution in [3.05, 3.63) is 64.8 Å². The number of aromatic nitrogens is 2. The van der Waals surface area contributed by atoms with Crippen LogP contribution in [0.4, 0.5) is 25.1 Å². The number of carbonyl (C=O) groups is 1. The highest BCUT2D eigenvalue weighted by molar-refractivity contribution is 6.31. The van der Waals surface area contributed by atoms with Gasteiger partial charge in [-0.15, -0.1) is 0 Å². The number of hydrogen-bond acceptors (Lipinski definition) is 6. The molecule has 0 radical (unpaired) electrons. The van der Waals surface area contributed by atoms with Crippen molar-refractivity contribution >= 4 is 29.1 Å². The number of carbonyl (C=O) groups excluding carboxylic acids is 1. The van der Waals surface area contributed by atoms with E-state index in [2.05, 4.69) is 32.5 Å². The molecule has 8 nitrogen and oxygen atoms in total. The molecule has 0 spiro atoms. The van der Waals surface area contributed by atoms with Crippen molar-refractivity contribution in [2.45, 2.75) is 25.3 Å². The Bertz CT molecular complexity index is 1220. The molecule has 0 bridgehead atoms. The van der Waals surface area contributed by atoms with E-state index in [4.69, 9.17) is 22.1 Å². The monoisotopic (exact) mass is 516 g/mol. The van der Waals surface area contributed by atoms with E-state index in [-0.39, 0.29) is 47.4 Å². The van der Waals surface area contributed by atoms with Crippen molar-refractivity contribution in [3.63, 3.8) is 0 Å². The fourth-order valence-electron chi connectivity index (χ4n) is 3.90. The van der Waals surface area contributed by atoms with Crippen molar-refractivity contribution < 1.29 is 18.3 Å². The number of rotatable bonds is 7. The van der Waals surface area contributed by atoms with Crippen molar-refractivity contribution in [2.24, 2.45) is 0 Å². The molecule has 4 N–H and O–H groups in total. The predicted octanol–water partition coefficient (Wildman–Crippen LogP) is 4.49. The minimum atomic E-state index is -0.702. The summed E-state index contributed by atoms with van der Waals surface area (Å²) in [6, 6.07) is 9.01. The first kappa shape index (κ1) is 25.6. The molecule has 1 saturated heterocycles. The Morgan fingerprint density at radius 3 is 2.58 bits per heavy atom. The molecule has 0 aliphatic carbocycles. The minimum Gasteiger partial charge on any atom is -0.475 e. The van der Waals surface area contributed by atoms with E-state index in [0.29, 0.717) is 11.4 Å². The van der Waals surface area contributed by atoms with E-state index in [1.54, 1.807) is 24.3 Å². The summed E-state index contributed by atoms with van der Waals surface area (Å²) in [6.07, 6.45) is 3.37. The summed E-state index contributed by atoms with van der Waals surface area (Å²) in [6.45, 7) is 1.89. The Morgan fingerprint density at radius 1 is 1.17 bits per heavy atom. The Morgan fingerprint density at radius 2 is 1.86 bits per heavy atom. The van der Waals surface area contributed by atoms with E-state index in [1.165, 1.54) is 6.20 Å². The molecule has 3 aromatic rings. The molecule has 1 aliphatic rings. The van der Waals surface area contributed by atoms with Crippen LogP contribution in [-0.2, 0) is 6.42 Å². The molecular weight excluding hydrogens is 490 g/mol. The van der Waals surface area contributed by atoms with Gasteiger partial charge in [-0.2, -0.15) is 0 Å². The largest absolute Gasteiger partial charge is 0.475 e. The van der Waals surface area contributed by atoms with Gasteiger partial charge >= 0.3 is 6.03 Å². The minimum absolute atomic E-state index is 0.0160. The lowest BCUT2D eigenvalue weighted by Crippen LogP contribution is -2.44. The molecule has 190 valence electrons. The topological polar surface area (TPSA) is 105 Å². The number of benzene rings is 2. The molecule has 0 atom stereocenters. The zero-order valence-electron chi connectivity index (χ0n) is 19.7. The summed E-state index contributed by atoms with van der Waals surface area (Å²) in [5.74, 6) is -1.19. The zero-order valence-corrected chi connectivity index (χ0v) is 20.5. The number of anilines is 2. The van der Waals surface area contributed by atoms with E-state index < -0.39 is 11.6 Å². The third kappa shape index (κ3) is 6.38. The Balaban J connectivity index is 1.35. The maximum absolute atomic E-state index is 14.0. The standard InChI is InChI=1S/C25H27ClF2N6O2/c1-34-11-8-17(9-12-34)32-25(35)31-16-4-2-15(3-5-16)21-14-30-23(29)24(33-21)36-13-10-18-19(27)6-7-20(28)22(18)26/h2-7,14,17H,8-13H2,1H3,(H2,29,30)(H2,31,32,35). The molecule has 4 rings (SSSR count). The summed E-state index contributed by atoms with van der Waals surface area (Å²) in [5.41, 5.74) is 7.76. The number of nitrogen functional groups attached to an aromatic ring is 1. The number of urea groups is 1. The second-order valence-corrected chi connectivity index (χ2v) is 9.00. The van der Waals surface area contributed by atoms with Crippen molar-refractivity contribution in [2.75, 3.05) is 37.8 Å². The molecule has 0 saturated carbocycles. The SMILES string of the molecule is CN1CCC(NC(=O)Nc2ccc(-c3cnc(N)c(OCCc4c(F)ccc(F)c4Cl)n3)cc2)CC1. The number of amides is 2. The van der Waals surface area contributed by atoms with Crippen LogP contribution in [0.5, 0.6) is 5.88 Å². The number of ether oxygens (including phenoxy) is 1. The van der Waals surface area contributed by atoms with Crippen LogP contribution in [-0.4, -0.2) is 53.7 Å². The molecule has 1 fully saturated rings. The molecule has 0 unspecified atom stereocenters. The van der Waals surface area contributed by atoms with Gasteiger partial charge in [0.1, 0.15) is 11.6 Å². The van der Waals surface area contributed by atoms with E-state index in [1.807, 2.05) is 0 Å². The van der Waals surface area contributed by atoms with Gasteiger partial charge in [-0.3, -0.25) is 0 Å². The highest BCUT2D eigenvalue weighted by Crippen LogP contribution is 2.26. The highest BCUT2D eigenvalue weighted by Gasteiger charge is 2.18. The quantitative estimate of drug-likeness (QED) is 0.399. The lowest BCUT2D eigenvalue weighted by Gasteiger charge is -2.29. The summed E-state index contributed by atoms with van der Waals surface area (Å²) < 4.78 is 33.2. The fraction of sp³-hybridized carbons (Fsp3) is 0.320. The molecule has 1 aliphatic heterocycles. The maximum atomic E-state index is 14.0. The molecular formula is C25H27ClF2N6O2. The first-order valence-electron chi connectivity index (χ1n) is 11.5. The number of nitrogens with one attached hydrogen (secondary N) is 2. The average molecular weight is 517 g/mol. The van der Waals surface area contributed by atoms with Crippen LogP contribution >= 0.6 is 11.6 Å². The van der Waals surface area contributed by atoms with Crippen LogP contribution in [0.15, 0.2) is 42.6 Å². The first-order valence-corrected chi connectivity index (χ1v) is 11.9. The van der Waals surface area contributed by atoms with Gasteiger partial charge in [0.15, 0.2) is 5.82 Å². The van der Waals surface area contributed by atoms with Gasteiger partial charge in [0, 0.05) is 29.3 Å². The van der Waals surface area contributed by atoms with E-state index in [9.17, 15) is 13.6 Å². The number of nitrogens with zero attached hydrogens (tertiary/aromatic N) is 3. The Kier molecular flexibility index (Phi) is 8.17. The van der Waals surface area contributed by atoms with E-state index in [0.717, 1.165) is 43.6 Å². The van der Waals surface area contributed by atoms with Gasteiger partial charge in [0.2, 0.25) is 0 Å². The third-order valence-electron chi connectivity index (χ3n) is 5.99. The third-order valence-corrected chi connectivity index (χ3v) is 6.40. The number of halogens is 3. The molecule has 36 heavy (non-hydrogen) atoms. The normalized spacial score (nSPS) is 14.4. The number of hydrogen-bond donors (Lipinski definition) is 3. The Labute approximate surface area is 212 Å². The van der Waals surface area contributed by atoms with Crippen LogP contribution in [0.3, 0.4) is 0 Å². The van der Waals surface area contributed by atoms with Gasteiger partial charge in [-0.25, -0.2) is 23.5 Å². The molecule has 2 heterocycles. The second kappa shape index (κ2) is 11.5. The van der Waals surface area contributed by atoms with Gasteiger partial charge in [-0.1, -0.05) is 23.7 Å². The van der Waals surface area contributed by atoms with Crippen LogP contribution in [0.2, 0.25) is 5.02 Å². The van der Waals surface area contributed by atoms with Gasteiger partial charge < -0.3 is 26.0 Å². The number of likely N-dealkylation sites (tertiary alicyclic amines) is 1. The molecule has 2 aromatic carbocycles. The van der Waals surface area contributed by atoms with Crippen LogP contribution in [0, 0.1) is 11.6 Å². The fourth-order valence-corrected chi connectivity index (χ4v) is 4.15. The first-order chi connectivity index (χ1) is 17.3. The highest BCUT2D eigenvalue weighted by atomic mass is 35.5. The van der Waals surface area contributed by atoms with E-state index >= 15 is 0 Å². The van der Waals surface area contributed by atoms with Crippen molar-refractivity contribution in [1.29, 1.82) is 0 Å². The van der Waals surface area contributed by atoms with Crippen molar-refractivity contribution in [3.8, 4) is 17.1 Å². The van der Waals surface area contributed by atoms with Crippen LogP contribution < -0.4 is 21.1 Å². The lowest BCUT2D eigenvalue weighted by molar-refractivity contribution is 0.221.